The summed E-state index contributed by atoms with van der Waals surface area (Å²) in [6.07, 6.45) is 7.54. The Morgan fingerprint density at radius 2 is 1.91 bits per heavy atom. The summed E-state index contributed by atoms with van der Waals surface area (Å²) >= 11 is 0. The molecule has 1 N–H and O–H groups in total. The van der Waals surface area contributed by atoms with Crippen molar-refractivity contribution < 1.29 is 18.7 Å². The number of aromatic nitrogens is 3. The van der Waals surface area contributed by atoms with Crippen LogP contribution in [0.4, 0.5) is 4.39 Å². The second-order valence-corrected chi connectivity index (χ2v) is 8.33. The molecule has 0 bridgehead atoms. The van der Waals surface area contributed by atoms with E-state index in [1.54, 1.807) is 13.8 Å². The molecule has 1 saturated carbocycles. The molecule has 9 heteroatoms. The number of benzene rings is 1. The van der Waals surface area contributed by atoms with E-state index in [4.69, 9.17) is 4.74 Å². The Balaban J connectivity index is 1.85. The van der Waals surface area contributed by atoms with Crippen LogP contribution in [0, 0.1) is 12.7 Å². The highest BCUT2D eigenvalue weighted by molar-refractivity contribution is 5.94. The van der Waals surface area contributed by atoms with Crippen LogP contribution in [0.1, 0.15) is 72.0 Å². The molecule has 1 aliphatic carbocycles. The fraction of sp³-hybridized carbons (Fsp3) is 0.417. The lowest BCUT2D eigenvalue weighted by Crippen LogP contribution is -2.38. The van der Waals surface area contributed by atoms with Crippen molar-refractivity contribution in [2.24, 2.45) is 0 Å². The van der Waals surface area contributed by atoms with Crippen molar-refractivity contribution in [3.05, 3.63) is 63.6 Å². The number of hydrogen-bond donors (Lipinski definition) is 1. The number of carbonyl (C=O) groups is 2. The van der Waals surface area contributed by atoms with Crippen LogP contribution in [0.5, 0.6) is 0 Å². The van der Waals surface area contributed by atoms with Crippen LogP contribution in [0.25, 0.3) is 11.2 Å². The van der Waals surface area contributed by atoms with Gasteiger partial charge in [-0.1, -0.05) is 25.7 Å². The number of carbonyl (C=O) groups excluding carboxylic acids is 2. The number of aryl methyl sites for hydroxylation is 1. The fourth-order valence-electron chi connectivity index (χ4n) is 4.31. The van der Waals surface area contributed by atoms with Crippen molar-refractivity contribution in [3.8, 4) is 5.69 Å². The van der Waals surface area contributed by atoms with Gasteiger partial charge >= 0.3 is 5.97 Å². The van der Waals surface area contributed by atoms with Crippen molar-refractivity contribution in [2.75, 3.05) is 6.61 Å². The number of ether oxygens (including phenoxy) is 1. The van der Waals surface area contributed by atoms with E-state index in [0.717, 1.165) is 38.5 Å². The minimum Gasteiger partial charge on any atom is -0.461 e. The van der Waals surface area contributed by atoms with Gasteiger partial charge in [0.25, 0.3) is 11.5 Å². The molecule has 1 fully saturated rings. The summed E-state index contributed by atoms with van der Waals surface area (Å²) in [4.78, 5) is 39.0. The molecule has 8 nitrogen and oxygen atoms in total. The molecular weight excluding hydrogens is 427 g/mol. The SMILES string of the molecule is CCOC(=O)c1cc2c(=O)n(-c3ccc(F)cc3C)c(C(=O)NC3CCCCCC3)cn2n1. The minimum atomic E-state index is -0.658. The lowest BCUT2D eigenvalue weighted by atomic mass is 10.1. The third kappa shape index (κ3) is 4.67. The van der Waals surface area contributed by atoms with Gasteiger partial charge in [0.2, 0.25) is 0 Å². The molecule has 1 amide bonds. The van der Waals surface area contributed by atoms with E-state index in [2.05, 4.69) is 10.4 Å². The molecule has 0 spiro atoms. The first kappa shape index (κ1) is 22.7. The molecule has 1 aliphatic rings. The number of fused-ring (bicyclic) bond motifs is 1. The number of halogens is 1. The molecule has 0 atom stereocenters. The molecule has 0 unspecified atom stereocenters. The highest BCUT2D eigenvalue weighted by Crippen LogP contribution is 2.20. The first-order chi connectivity index (χ1) is 15.9. The predicted octanol–water partition coefficient (Wildman–Crippen LogP) is 3.56. The van der Waals surface area contributed by atoms with Gasteiger partial charge in [0, 0.05) is 12.1 Å². The molecule has 2 heterocycles. The van der Waals surface area contributed by atoms with E-state index in [0.29, 0.717) is 11.3 Å². The maximum Gasteiger partial charge on any atom is 0.358 e. The summed E-state index contributed by atoms with van der Waals surface area (Å²) in [7, 11) is 0. The van der Waals surface area contributed by atoms with Gasteiger partial charge in [-0.05, 0) is 50.5 Å². The molecule has 3 aromatic rings. The Bertz CT molecular complexity index is 1260. The van der Waals surface area contributed by atoms with E-state index in [1.807, 2.05) is 0 Å². The van der Waals surface area contributed by atoms with Gasteiger partial charge in [0.05, 0.1) is 18.5 Å². The molecule has 174 valence electrons. The molecule has 4 rings (SSSR count). The molecule has 1 aromatic carbocycles. The highest BCUT2D eigenvalue weighted by atomic mass is 19.1. The topological polar surface area (TPSA) is 94.7 Å². The largest absolute Gasteiger partial charge is 0.461 e. The zero-order valence-corrected chi connectivity index (χ0v) is 18.8. The van der Waals surface area contributed by atoms with Crippen LogP contribution in [-0.2, 0) is 4.74 Å². The van der Waals surface area contributed by atoms with Gasteiger partial charge in [-0.2, -0.15) is 5.10 Å². The Morgan fingerprint density at radius 3 is 2.58 bits per heavy atom. The van der Waals surface area contributed by atoms with Crippen LogP contribution in [0.15, 0.2) is 35.3 Å². The summed E-state index contributed by atoms with van der Waals surface area (Å²) in [5.74, 6) is -1.52. The van der Waals surface area contributed by atoms with Crippen LogP contribution < -0.4 is 10.9 Å². The fourth-order valence-corrected chi connectivity index (χ4v) is 4.31. The van der Waals surface area contributed by atoms with Crippen LogP contribution in [0.3, 0.4) is 0 Å². The predicted molar refractivity (Wildman–Crippen MR) is 120 cm³/mol. The van der Waals surface area contributed by atoms with Crippen molar-refractivity contribution in [1.82, 2.24) is 19.5 Å². The zero-order valence-electron chi connectivity index (χ0n) is 18.8. The van der Waals surface area contributed by atoms with E-state index in [-0.39, 0.29) is 29.6 Å². The lowest BCUT2D eigenvalue weighted by Gasteiger charge is -2.19. The van der Waals surface area contributed by atoms with E-state index < -0.39 is 23.3 Å². The molecular formula is C24H27FN4O4. The first-order valence-electron chi connectivity index (χ1n) is 11.3. The number of hydrogen-bond acceptors (Lipinski definition) is 5. The van der Waals surface area contributed by atoms with Gasteiger partial charge in [0.1, 0.15) is 17.0 Å². The van der Waals surface area contributed by atoms with Gasteiger partial charge in [0.15, 0.2) is 5.69 Å². The first-order valence-corrected chi connectivity index (χ1v) is 11.3. The van der Waals surface area contributed by atoms with Gasteiger partial charge in [-0.25, -0.2) is 13.7 Å². The smallest absolute Gasteiger partial charge is 0.358 e. The van der Waals surface area contributed by atoms with Crippen LogP contribution in [0.2, 0.25) is 0 Å². The Kier molecular flexibility index (Phi) is 6.57. The number of amides is 1. The number of nitrogens with zero attached hydrogens (tertiary/aromatic N) is 3. The summed E-state index contributed by atoms with van der Waals surface area (Å²) in [5.41, 5.74) is 0.473. The standard InChI is InChI=1S/C24H27FN4O4/c1-3-33-24(32)18-13-20-23(31)29(19-11-10-16(25)12-15(19)2)21(14-28(20)27-18)22(30)26-17-8-6-4-5-7-9-17/h10-14,17H,3-9H2,1-2H3,(H,26,30). The van der Waals surface area contributed by atoms with Gasteiger partial charge < -0.3 is 10.1 Å². The van der Waals surface area contributed by atoms with Gasteiger partial charge in [-0.15, -0.1) is 0 Å². The average Bonchev–Trinajstić information content (AvgIpc) is 3.05. The Morgan fingerprint density at radius 1 is 1.18 bits per heavy atom. The van der Waals surface area contributed by atoms with Crippen molar-refractivity contribution >= 4 is 17.4 Å². The number of esters is 1. The average molecular weight is 455 g/mol. The van der Waals surface area contributed by atoms with E-state index >= 15 is 0 Å². The monoisotopic (exact) mass is 454 g/mol. The molecule has 2 aromatic heterocycles. The minimum absolute atomic E-state index is 0.0151. The second-order valence-electron chi connectivity index (χ2n) is 8.33. The van der Waals surface area contributed by atoms with E-state index in [1.165, 1.54) is 39.5 Å². The zero-order chi connectivity index (χ0) is 23.5. The number of nitrogens with one attached hydrogen (secondary N) is 1. The molecule has 0 radical (unpaired) electrons. The summed E-state index contributed by atoms with van der Waals surface area (Å²) in [6.45, 7) is 3.51. The van der Waals surface area contributed by atoms with Crippen LogP contribution in [-0.4, -0.2) is 38.7 Å². The van der Waals surface area contributed by atoms with Crippen molar-refractivity contribution in [2.45, 2.75) is 58.4 Å². The van der Waals surface area contributed by atoms with Crippen molar-refractivity contribution in [3.63, 3.8) is 0 Å². The number of rotatable bonds is 5. The third-order valence-electron chi connectivity index (χ3n) is 5.95. The third-order valence-corrected chi connectivity index (χ3v) is 5.95. The molecule has 33 heavy (non-hydrogen) atoms. The highest BCUT2D eigenvalue weighted by Gasteiger charge is 2.24. The molecule has 0 saturated heterocycles. The van der Waals surface area contributed by atoms with Gasteiger partial charge in [-0.3, -0.25) is 14.2 Å². The van der Waals surface area contributed by atoms with Crippen molar-refractivity contribution in [1.29, 1.82) is 0 Å². The Labute approximate surface area is 190 Å². The van der Waals surface area contributed by atoms with E-state index in [9.17, 15) is 18.8 Å². The quantitative estimate of drug-likeness (QED) is 0.470. The summed E-state index contributed by atoms with van der Waals surface area (Å²) < 4.78 is 21.2. The molecule has 0 aliphatic heterocycles. The summed E-state index contributed by atoms with van der Waals surface area (Å²) in [6, 6.07) is 5.36. The summed E-state index contributed by atoms with van der Waals surface area (Å²) in [5, 5.41) is 7.21. The maximum atomic E-state index is 13.8. The normalized spacial score (nSPS) is 14.8. The Hall–Kier alpha value is -3.49. The second kappa shape index (κ2) is 9.56. The van der Waals surface area contributed by atoms with Crippen LogP contribution >= 0.6 is 0 Å². The maximum absolute atomic E-state index is 13.8. The lowest BCUT2D eigenvalue weighted by molar-refractivity contribution is 0.0519.